The molecule has 34 heavy (non-hydrogen) atoms. The van der Waals surface area contributed by atoms with Crippen molar-refractivity contribution in [2.45, 2.75) is 82.3 Å². The number of carbonyl (C=O) groups excluding carboxylic acids is 1. The monoisotopic (exact) mass is 536 g/mol. The number of methoxy groups -OCH3 is 1. The summed E-state index contributed by atoms with van der Waals surface area (Å²) in [5, 5.41) is 10.7. The molecule has 3 rings (SSSR count). The number of aliphatic hydroxyl groups excluding tert-OH is 1. The zero-order valence-electron chi connectivity index (χ0n) is 20.3. The lowest BCUT2D eigenvalue weighted by Gasteiger charge is -2.38. The van der Waals surface area contributed by atoms with Gasteiger partial charge in [-0.25, -0.2) is 4.39 Å². The van der Waals surface area contributed by atoms with Crippen molar-refractivity contribution in [2.75, 3.05) is 13.7 Å². The van der Waals surface area contributed by atoms with E-state index in [4.69, 9.17) is 9.47 Å². The van der Waals surface area contributed by atoms with Crippen LogP contribution >= 0.6 is 15.9 Å². The van der Waals surface area contributed by atoms with Crippen molar-refractivity contribution in [3.8, 4) is 0 Å². The highest BCUT2D eigenvalue weighted by Crippen LogP contribution is 2.57. The number of ether oxygens (including phenoxy) is 2. The quantitative estimate of drug-likeness (QED) is 0.175. The maximum atomic E-state index is 13.7. The van der Waals surface area contributed by atoms with Crippen LogP contribution in [0.1, 0.15) is 70.3 Å². The van der Waals surface area contributed by atoms with Gasteiger partial charge < -0.3 is 14.6 Å². The molecular formula is C28H38BrFO4. The number of allylic oxidation sites excluding steroid dienone is 2. The molecule has 2 bridgehead atoms. The molecule has 1 heterocycles. The Labute approximate surface area is 211 Å². The van der Waals surface area contributed by atoms with Gasteiger partial charge in [0.1, 0.15) is 5.82 Å². The summed E-state index contributed by atoms with van der Waals surface area (Å²) >= 11 is 3.65. The molecule has 0 amide bonds. The second-order valence-corrected chi connectivity index (χ2v) is 10.6. The van der Waals surface area contributed by atoms with E-state index >= 15 is 0 Å². The minimum atomic E-state index is -0.498. The number of rotatable bonds is 13. The predicted molar refractivity (Wildman–Crippen MR) is 136 cm³/mol. The number of benzene rings is 1. The maximum Gasteiger partial charge on any atom is 0.305 e. The molecule has 1 N–H and O–H groups in total. The molecule has 5 atom stereocenters. The molecule has 0 spiro atoms. The van der Waals surface area contributed by atoms with Gasteiger partial charge in [-0.1, -0.05) is 72.5 Å². The summed E-state index contributed by atoms with van der Waals surface area (Å²) in [5.74, 6) is 0.0317. The van der Waals surface area contributed by atoms with Crippen molar-refractivity contribution in [3.63, 3.8) is 0 Å². The normalized spacial score (nSPS) is 27.4. The number of esters is 1. The van der Waals surface area contributed by atoms with E-state index in [2.05, 4.69) is 41.1 Å². The first kappa shape index (κ1) is 27.1. The number of carbonyl (C=O) groups is 1. The van der Waals surface area contributed by atoms with Crippen molar-refractivity contribution in [3.05, 3.63) is 58.4 Å². The Balaban J connectivity index is 1.77. The summed E-state index contributed by atoms with van der Waals surface area (Å²) < 4.78 is 25.4. The Hall–Kier alpha value is -1.50. The van der Waals surface area contributed by atoms with E-state index in [0.29, 0.717) is 13.0 Å². The van der Waals surface area contributed by atoms with Crippen LogP contribution in [-0.4, -0.2) is 37.0 Å². The van der Waals surface area contributed by atoms with Gasteiger partial charge in [0, 0.05) is 22.2 Å². The van der Waals surface area contributed by atoms with Crippen molar-refractivity contribution in [1.82, 2.24) is 0 Å². The number of unbranched alkanes of at least 4 members (excludes halogenated alkanes) is 3. The number of hydrogen-bond acceptors (Lipinski definition) is 4. The van der Waals surface area contributed by atoms with Crippen LogP contribution in [0.4, 0.5) is 4.39 Å². The molecule has 0 aromatic heterocycles. The average molecular weight is 538 g/mol. The lowest BCUT2D eigenvalue weighted by molar-refractivity contribution is -0.140. The van der Waals surface area contributed by atoms with Crippen molar-refractivity contribution >= 4 is 21.9 Å². The highest BCUT2D eigenvalue weighted by Gasteiger charge is 2.58. The fourth-order valence-corrected chi connectivity index (χ4v) is 6.05. The maximum absolute atomic E-state index is 13.7. The lowest BCUT2D eigenvalue weighted by atomic mass is 9.69. The fourth-order valence-electron chi connectivity index (χ4n) is 5.52. The molecule has 4 nitrogen and oxygen atoms in total. The molecule has 2 fully saturated rings. The van der Waals surface area contributed by atoms with Crippen molar-refractivity contribution in [1.29, 1.82) is 0 Å². The Morgan fingerprint density at radius 1 is 1.29 bits per heavy atom. The molecular weight excluding hydrogens is 499 g/mol. The molecule has 1 saturated carbocycles. The zero-order chi connectivity index (χ0) is 24.6. The first-order valence-electron chi connectivity index (χ1n) is 12.6. The van der Waals surface area contributed by atoms with Crippen LogP contribution in [0.3, 0.4) is 0 Å². The van der Waals surface area contributed by atoms with Crippen LogP contribution in [-0.2, 0) is 19.7 Å². The molecule has 1 aromatic rings. The average Bonchev–Trinajstić information content (AvgIpc) is 3.40. The summed E-state index contributed by atoms with van der Waals surface area (Å²) in [4.78, 5) is 11.3. The molecule has 6 heteroatoms. The van der Waals surface area contributed by atoms with Gasteiger partial charge in [0.2, 0.25) is 0 Å². The minimum Gasteiger partial charge on any atom is -0.469 e. The molecule has 1 aliphatic heterocycles. The Bertz CT molecular complexity index is 852. The minimum absolute atomic E-state index is 0.0816. The van der Waals surface area contributed by atoms with E-state index in [0.717, 1.165) is 61.4 Å². The van der Waals surface area contributed by atoms with Gasteiger partial charge in [0.05, 0.1) is 25.9 Å². The first-order chi connectivity index (χ1) is 16.4. The molecule has 188 valence electrons. The van der Waals surface area contributed by atoms with Crippen LogP contribution < -0.4 is 0 Å². The van der Waals surface area contributed by atoms with E-state index in [1.54, 1.807) is 0 Å². The van der Waals surface area contributed by atoms with Crippen LogP contribution in [0, 0.1) is 17.7 Å². The SMILES string of the molecule is CCCCC[C@@H](O)C(Br)=C[C@@H]1[C@@H]2C[C@@](c3ccc(F)cc3)(CO2)[C@H]1CC=CCCCC(=O)OC. The fraction of sp³-hybridized carbons (Fsp3) is 0.607. The lowest BCUT2D eigenvalue weighted by Crippen LogP contribution is -2.39. The summed E-state index contributed by atoms with van der Waals surface area (Å²) in [6.07, 6.45) is 13.9. The highest BCUT2D eigenvalue weighted by molar-refractivity contribution is 9.11. The van der Waals surface area contributed by atoms with Gasteiger partial charge in [-0.2, -0.15) is 0 Å². The molecule has 1 saturated heterocycles. The van der Waals surface area contributed by atoms with E-state index < -0.39 is 6.10 Å². The van der Waals surface area contributed by atoms with Crippen LogP contribution in [0.5, 0.6) is 0 Å². The largest absolute Gasteiger partial charge is 0.469 e. The summed E-state index contributed by atoms with van der Waals surface area (Å²) in [6.45, 7) is 2.79. The number of hydrogen-bond donors (Lipinski definition) is 1. The molecule has 1 aromatic carbocycles. The first-order valence-corrected chi connectivity index (χ1v) is 13.3. The number of fused-ring (bicyclic) bond motifs is 2. The van der Waals surface area contributed by atoms with Gasteiger partial charge in [0.15, 0.2) is 0 Å². The third-order valence-corrected chi connectivity index (χ3v) is 8.22. The Morgan fingerprint density at radius 2 is 2.06 bits per heavy atom. The van der Waals surface area contributed by atoms with Gasteiger partial charge in [-0.3, -0.25) is 4.79 Å². The van der Waals surface area contributed by atoms with Crippen molar-refractivity contribution in [2.24, 2.45) is 11.8 Å². The Kier molecular flexibility index (Phi) is 10.3. The second kappa shape index (κ2) is 13.0. The topological polar surface area (TPSA) is 55.8 Å². The highest BCUT2D eigenvalue weighted by atomic mass is 79.9. The smallest absolute Gasteiger partial charge is 0.305 e. The molecule has 1 aliphatic carbocycles. The number of halogens is 2. The van der Waals surface area contributed by atoms with E-state index in [-0.39, 0.29) is 35.1 Å². The third kappa shape index (κ3) is 6.58. The predicted octanol–water partition coefficient (Wildman–Crippen LogP) is 6.61. The van der Waals surface area contributed by atoms with Gasteiger partial charge in [-0.15, -0.1) is 0 Å². The van der Waals surface area contributed by atoms with E-state index in [9.17, 15) is 14.3 Å². The molecule has 0 unspecified atom stereocenters. The van der Waals surface area contributed by atoms with Gasteiger partial charge >= 0.3 is 5.97 Å². The third-order valence-electron chi connectivity index (χ3n) is 7.43. The zero-order valence-corrected chi connectivity index (χ0v) is 21.9. The molecule has 0 radical (unpaired) electrons. The van der Waals surface area contributed by atoms with Crippen LogP contribution in [0.15, 0.2) is 47.0 Å². The van der Waals surface area contributed by atoms with E-state index in [1.165, 1.54) is 19.2 Å². The van der Waals surface area contributed by atoms with Crippen LogP contribution in [0.2, 0.25) is 0 Å². The number of aliphatic hydroxyl groups is 1. The summed E-state index contributed by atoms with van der Waals surface area (Å²) in [5.41, 5.74) is 0.951. The van der Waals surface area contributed by atoms with Crippen LogP contribution in [0.25, 0.3) is 0 Å². The van der Waals surface area contributed by atoms with Crippen molar-refractivity contribution < 1.29 is 23.8 Å². The summed E-state index contributed by atoms with van der Waals surface area (Å²) in [6, 6.07) is 6.87. The Morgan fingerprint density at radius 3 is 2.76 bits per heavy atom. The van der Waals surface area contributed by atoms with Gasteiger partial charge in [0.25, 0.3) is 0 Å². The molecule has 2 aliphatic rings. The van der Waals surface area contributed by atoms with E-state index in [1.807, 2.05) is 12.1 Å². The standard InChI is InChI=1S/C28H38BrFO4/c1-3-4-7-11-25(31)24(29)17-22-23(10-8-5-6-9-12-27(32)33-2)28(18-26(22)34-19-28)20-13-15-21(30)16-14-20/h5,8,13-17,22-23,25-26,31H,3-4,6-7,9-12,18-19H2,1-2H3/t22-,23-,25+,26-,28-/m0/s1. The summed E-state index contributed by atoms with van der Waals surface area (Å²) in [7, 11) is 1.41. The second-order valence-electron chi connectivity index (χ2n) is 9.64. The van der Waals surface area contributed by atoms with Gasteiger partial charge in [-0.05, 0) is 55.7 Å².